The molecular weight excluding hydrogens is 250 g/mol. The number of benzene rings is 2. The summed E-state index contributed by atoms with van der Waals surface area (Å²) in [6.07, 6.45) is 0. The van der Waals surface area contributed by atoms with Gasteiger partial charge in [0, 0.05) is 12.1 Å². The van der Waals surface area contributed by atoms with Crippen molar-refractivity contribution >= 4 is 5.69 Å². The average molecular weight is 260 g/mol. The highest BCUT2D eigenvalue weighted by atomic mass is 19.1. The van der Waals surface area contributed by atoms with E-state index in [2.05, 4.69) is 5.32 Å². The summed E-state index contributed by atoms with van der Waals surface area (Å²) < 4.78 is 26.1. The van der Waals surface area contributed by atoms with Gasteiger partial charge in [-0.25, -0.2) is 8.78 Å². The van der Waals surface area contributed by atoms with Crippen LogP contribution >= 0.6 is 0 Å². The van der Waals surface area contributed by atoms with Gasteiger partial charge in [-0.3, -0.25) is 0 Å². The zero-order valence-electron chi connectivity index (χ0n) is 9.82. The van der Waals surface area contributed by atoms with Gasteiger partial charge in [-0.05, 0) is 24.3 Å². The van der Waals surface area contributed by atoms with Crippen LogP contribution in [0.2, 0.25) is 0 Å². The van der Waals surface area contributed by atoms with Crippen LogP contribution in [0, 0.1) is 23.0 Å². The van der Waals surface area contributed by atoms with Gasteiger partial charge in [0.15, 0.2) is 11.6 Å². The second kappa shape index (κ2) is 5.36. The number of anilines is 1. The Labute approximate surface area is 108 Å². The highest BCUT2D eigenvalue weighted by molar-refractivity contribution is 5.57. The first kappa shape index (κ1) is 12.8. The molecule has 0 fully saturated rings. The molecule has 96 valence electrons. The largest absolute Gasteiger partial charge is 0.505 e. The van der Waals surface area contributed by atoms with Crippen LogP contribution in [0.1, 0.15) is 11.1 Å². The number of phenolic OH excluding ortho intramolecular Hbond substituents is 1. The van der Waals surface area contributed by atoms with Gasteiger partial charge in [-0.15, -0.1) is 0 Å². The fourth-order valence-corrected chi connectivity index (χ4v) is 1.66. The van der Waals surface area contributed by atoms with E-state index in [1.165, 1.54) is 18.2 Å². The monoisotopic (exact) mass is 260 g/mol. The Kier molecular flexibility index (Phi) is 3.62. The topological polar surface area (TPSA) is 56.0 Å². The molecule has 0 amide bonds. The molecule has 0 saturated heterocycles. The Morgan fingerprint density at radius 1 is 1.21 bits per heavy atom. The lowest BCUT2D eigenvalue weighted by atomic mass is 10.1. The number of halogens is 2. The van der Waals surface area contributed by atoms with E-state index in [1.54, 1.807) is 6.07 Å². The molecule has 2 aromatic carbocycles. The second-order valence-electron chi connectivity index (χ2n) is 3.90. The summed E-state index contributed by atoms with van der Waals surface area (Å²) in [4.78, 5) is 0. The van der Waals surface area contributed by atoms with E-state index in [4.69, 9.17) is 5.26 Å². The minimum absolute atomic E-state index is 0.129. The van der Waals surface area contributed by atoms with Crippen molar-refractivity contribution in [2.45, 2.75) is 6.54 Å². The van der Waals surface area contributed by atoms with Crippen LogP contribution in [0.5, 0.6) is 5.75 Å². The normalized spacial score (nSPS) is 9.95. The number of nitrogens with zero attached hydrogens (tertiary/aromatic N) is 1. The number of rotatable bonds is 3. The van der Waals surface area contributed by atoms with E-state index >= 15 is 0 Å². The molecule has 3 nitrogen and oxygen atoms in total. The number of para-hydroxylation sites is 1. The molecular formula is C14H10F2N2O. The summed E-state index contributed by atoms with van der Waals surface area (Å²) in [5.74, 6) is -1.65. The molecule has 0 spiro atoms. The zero-order chi connectivity index (χ0) is 13.8. The average Bonchev–Trinajstić information content (AvgIpc) is 2.41. The minimum Gasteiger partial charge on any atom is -0.505 e. The molecule has 0 atom stereocenters. The first-order valence-corrected chi connectivity index (χ1v) is 5.51. The Morgan fingerprint density at radius 3 is 2.74 bits per heavy atom. The van der Waals surface area contributed by atoms with Crippen LogP contribution in [-0.2, 0) is 6.54 Å². The van der Waals surface area contributed by atoms with Gasteiger partial charge in [-0.1, -0.05) is 12.1 Å². The third kappa shape index (κ3) is 2.80. The predicted molar refractivity (Wildman–Crippen MR) is 66.5 cm³/mol. The van der Waals surface area contributed by atoms with Crippen LogP contribution in [0.15, 0.2) is 36.4 Å². The highest BCUT2D eigenvalue weighted by Gasteiger charge is 2.08. The van der Waals surface area contributed by atoms with Crippen molar-refractivity contribution in [3.8, 4) is 11.8 Å². The minimum atomic E-state index is -0.709. The second-order valence-corrected chi connectivity index (χ2v) is 3.90. The molecule has 0 radical (unpaired) electrons. The molecule has 5 heteroatoms. The first-order chi connectivity index (χ1) is 9.11. The van der Waals surface area contributed by atoms with Crippen molar-refractivity contribution in [2.24, 2.45) is 0 Å². The SMILES string of the molecule is N#Cc1cc(F)ccc1NCc1cccc(F)c1O. The summed E-state index contributed by atoms with van der Waals surface area (Å²) in [6, 6.07) is 9.78. The third-order valence-corrected chi connectivity index (χ3v) is 2.64. The van der Waals surface area contributed by atoms with Crippen molar-refractivity contribution < 1.29 is 13.9 Å². The van der Waals surface area contributed by atoms with Crippen molar-refractivity contribution in [1.82, 2.24) is 0 Å². The van der Waals surface area contributed by atoms with Crippen LogP contribution in [0.25, 0.3) is 0 Å². The Hall–Kier alpha value is -2.61. The fraction of sp³-hybridized carbons (Fsp3) is 0.0714. The molecule has 2 aromatic rings. The molecule has 2 rings (SSSR count). The smallest absolute Gasteiger partial charge is 0.165 e. The lowest BCUT2D eigenvalue weighted by molar-refractivity contribution is 0.427. The van der Waals surface area contributed by atoms with Gasteiger partial charge >= 0.3 is 0 Å². The van der Waals surface area contributed by atoms with Crippen molar-refractivity contribution in [3.63, 3.8) is 0 Å². The lowest BCUT2D eigenvalue weighted by Gasteiger charge is -2.10. The molecule has 0 saturated carbocycles. The molecule has 2 N–H and O–H groups in total. The van der Waals surface area contributed by atoms with Crippen molar-refractivity contribution in [3.05, 3.63) is 59.2 Å². The van der Waals surface area contributed by atoms with E-state index < -0.39 is 17.4 Å². The Bertz CT molecular complexity index is 650. The lowest BCUT2D eigenvalue weighted by Crippen LogP contribution is -2.02. The Morgan fingerprint density at radius 2 is 2.00 bits per heavy atom. The summed E-state index contributed by atoms with van der Waals surface area (Å²) in [5.41, 5.74) is 0.927. The van der Waals surface area contributed by atoms with Gasteiger partial charge < -0.3 is 10.4 Å². The van der Waals surface area contributed by atoms with Crippen LogP contribution < -0.4 is 5.32 Å². The van der Waals surface area contributed by atoms with E-state index in [9.17, 15) is 13.9 Å². The molecule has 0 bridgehead atoms. The molecule has 0 aromatic heterocycles. The Balaban J connectivity index is 2.20. The number of phenols is 1. The van der Waals surface area contributed by atoms with E-state index in [1.807, 2.05) is 6.07 Å². The van der Waals surface area contributed by atoms with Gasteiger partial charge in [0.2, 0.25) is 0 Å². The summed E-state index contributed by atoms with van der Waals surface area (Å²) in [5, 5.41) is 21.2. The fourth-order valence-electron chi connectivity index (χ4n) is 1.66. The highest BCUT2D eigenvalue weighted by Crippen LogP contribution is 2.23. The zero-order valence-corrected chi connectivity index (χ0v) is 9.82. The number of hydrogen-bond donors (Lipinski definition) is 2. The van der Waals surface area contributed by atoms with Crippen molar-refractivity contribution in [2.75, 3.05) is 5.32 Å². The summed E-state index contributed by atoms with van der Waals surface area (Å²) in [6.45, 7) is 0.129. The van der Waals surface area contributed by atoms with E-state index in [0.29, 0.717) is 11.3 Å². The van der Waals surface area contributed by atoms with Gasteiger partial charge in [0.25, 0.3) is 0 Å². The molecule has 19 heavy (non-hydrogen) atoms. The van der Waals surface area contributed by atoms with Gasteiger partial charge in [0.05, 0.1) is 11.3 Å². The van der Waals surface area contributed by atoms with Crippen LogP contribution in [0.3, 0.4) is 0 Å². The van der Waals surface area contributed by atoms with E-state index in [-0.39, 0.29) is 12.1 Å². The van der Waals surface area contributed by atoms with Crippen LogP contribution in [0.4, 0.5) is 14.5 Å². The molecule has 0 heterocycles. The molecule has 0 unspecified atom stereocenters. The first-order valence-electron chi connectivity index (χ1n) is 5.51. The summed E-state index contributed by atoms with van der Waals surface area (Å²) in [7, 11) is 0. The maximum Gasteiger partial charge on any atom is 0.165 e. The number of nitrogens with one attached hydrogen (secondary N) is 1. The van der Waals surface area contributed by atoms with Gasteiger partial charge in [0.1, 0.15) is 11.9 Å². The number of nitriles is 1. The molecule has 0 aliphatic heterocycles. The van der Waals surface area contributed by atoms with Crippen molar-refractivity contribution in [1.29, 1.82) is 5.26 Å². The molecule has 0 aliphatic rings. The standard InChI is InChI=1S/C14H10F2N2O/c15-11-4-5-13(10(6-11)7-17)18-8-9-2-1-3-12(16)14(9)19/h1-6,18-19H,8H2. The number of hydrogen-bond acceptors (Lipinski definition) is 3. The summed E-state index contributed by atoms with van der Waals surface area (Å²) >= 11 is 0. The van der Waals surface area contributed by atoms with Gasteiger partial charge in [-0.2, -0.15) is 5.26 Å². The molecule has 0 aliphatic carbocycles. The quantitative estimate of drug-likeness (QED) is 0.891. The maximum atomic E-state index is 13.1. The van der Waals surface area contributed by atoms with E-state index in [0.717, 1.165) is 12.1 Å². The van der Waals surface area contributed by atoms with Crippen LogP contribution in [-0.4, -0.2) is 5.11 Å². The maximum absolute atomic E-state index is 13.1. The predicted octanol–water partition coefficient (Wildman–Crippen LogP) is 3.15. The third-order valence-electron chi connectivity index (χ3n) is 2.64. The number of aromatic hydroxyl groups is 1.